The Morgan fingerprint density at radius 3 is 2.41 bits per heavy atom. The molecule has 1 aliphatic carbocycles. The highest BCUT2D eigenvalue weighted by atomic mass is 32.2. The first-order valence-corrected chi connectivity index (χ1v) is 10.8. The number of carbonyl (C=O) groups excluding carboxylic acids is 1. The fourth-order valence-electron chi connectivity index (χ4n) is 3.42. The van der Waals surface area contributed by atoms with E-state index in [1.165, 1.54) is 0 Å². The zero-order valence-corrected chi connectivity index (χ0v) is 16.3. The highest BCUT2D eigenvalue weighted by Gasteiger charge is 2.32. The Kier molecular flexibility index (Phi) is 6.24. The number of ketones is 1. The van der Waals surface area contributed by atoms with Gasteiger partial charge in [0.25, 0.3) is 0 Å². The molecule has 4 nitrogen and oxygen atoms in total. The fourth-order valence-corrected chi connectivity index (χ4v) is 4.68. The largest absolute Gasteiger partial charge is 0.294 e. The van der Waals surface area contributed by atoms with Crippen LogP contribution in [0.25, 0.3) is 0 Å². The first kappa shape index (κ1) is 19.5. The van der Waals surface area contributed by atoms with Crippen molar-refractivity contribution in [3.05, 3.63) is 77.9 Å². The lowest BCUT2D eigenvalue weighted by atomic mass is 9.84. The van der Waals surface area contributed by atoms with Gasteiger partial charge in [0.1, 0.15) is 0 Å². The SMILES string of the molecule is Cc1ccc(S(=O)(=O)N[C@H](c2ccccc2)[C@@H]2CCCC/C=C\C2=O)cc1. The van der Waals surface area contributed by atoms with Crippen molar-refractivity contribution >= 4 is 15.8 Å². The number of carbonyl (C=O) groups is 1. The van der Waals surface area contributed by atoms with Gasteiger partial charge in [0.2, 0.25) is 10.0 Å². The van der Waals surface area contributed by atoms with Crippen LogP contribution in [0.1, 0.15) is 42.9 Å². The Morgan fingerprint density at radius 2 is 1.70 bits per heavy atom. The van der Waals surface area contributed by atoms with E-state index in [1.807, 2.05) is 43.3 Å². The van der Waals surface area contributed by atoms with E-state index < -0.39 is 22.0 Å². The number of hydrogen-bond acceptors (Lipinski definition) is 3. The van der Waals surface area contributed by atoms with Gasteiger partial charge in [0, 0.05) is 5.92 Å². The number of hydrogen-bond donors (Lipinski definition) is 1. The molecule has 27 heavy (non-hydrogen) atoms. The number of allylic oxidation sites excluding steroid dienone is 2. The highest BCUT2D eigenvalue weighted by Crippen LogP contribution is 2.31. The van der Waals surface area contributed by atoms with Gasteiger partial charge in [0.15, 0.2) is 5.78 Å². The second-order valence-electron chi connectivity index (χ2n) is 7.02. The van der Waals surface area contributed by atoms with Gasteiger partial charge in [-0.05, 0) is 50.0 Å². The summed E-state index contributed by atoms with van der Waals surface area (Å²) in [7, 11) is -3.74. The number of rotatable bonds is 5. The summed E-state index contributed by atoms with van der Waals surface area (Å²) in [5.41, 5.74) is 1.80. The maximum Gasteiger partial charge on any atom is 0.241 e. The zero-order chi connectivity index (χ0) is 19.3. The van der Waals surface area contributed by atoms with Gasteiger partial charge in [-0.25, -0.2) is 13.1 Å². The molecular formula is C22H25NO3S. The van der Waals surface area contributed by atoms with Crippen molar-refractivity contribution in [1.29, 1.82) is 0 Å². The molecule has 0 radical (unpaired) electrons. The lowest BCUT2D eigenvalue weighted by Gasteiger charge is -2.27. The second-order valence-corrected chi connectivity index (χ2v) is 8.73. The lowest BCUT2D eigenvalue weighted by molar-refractivity contribution is -0.119. The maximum atomic E-state index is 13.0. The molecule has 2 aromatic rings. The van der Waals surface area contributed by atoms with Crippen LogP contribution < -0.4 is 4.72 Å². The van der Waals surface area contributed by atoms with E-state index in [9.17, 15) is 13.2 Å². The molecule has 0 saturated heterocycles. The van der Waals surface area contributed by atoms with Crippen LogP contribution in [-0.2, 0) is 14.8 Å². The third-order valence-corrected chi connectivity index (χ3v) is 6.41. The van der Waals surface area contributed by atoms with E-state index in [1.54, 1.807) is 30.3 Å². The summed E-state index contributed by atoms with van der Waals surface area (Å²) in [6.07, 6.45) is 6.97. The van der Waals surface area contributed by atoms with Gasteiger partial charge in [-0.1, -0.05) is 60.5 Å². The van der Waals surface area contributed by atoms with Crippen molar-refractivity contribution in [2.45, 2.75) is 43.5 Å². The van der Waals surface area contributed by atoms with E-state index in [-0.39, 0.29) is 10.7 Å². The topological polar surface area (TPSA) is 63.2 Å². The molecule has 0 bridgehead atoms. The minimum Gasteiger partial charge on any atom is -0.294 e. The summed E-state index contributed by atoms with van der Waals surface area (Å²) in [6.45, 7) is 1.91. The molecule has 0 aliphatic heterocycles. The van der Waals surface area contributed by atoms with Crippen LogP contribution in [0.15, 0.2) is 71.6 Å². The standard InChI is InChI=1S/C22H25NO3S/c1-17-13-15-19(16-14-17)27(25,26)23-22(18-9-5-4-6-10-18)20-11-7-2-3-8-12-21(20)24/h4-6,8-10,12-16,20,22-23H,2-3,7,11H2,1H3/b12-8-/t20-,22-/m1/s1. The summed E-state index contributed by atoms with van der Waals surface area (Å²) >= 11 is 0. The summed E-state index contributed by atoms with van der Waals surface area (Å²) in [5, 5.41) is 0. The van der Waals surface area contributed by atoms with Crippen molar-refractivity contribution in [1.82, 2.24) is 4.72 Å². The van der Waals surface area contributed by atoms with Crippen molar-refractivity contribution in [2.75, 3.05) is 0 Å². The Balaban J connectivity index is 1.97. The Labute approximate surface area is 161 Å². The molecule has 0 aromatic heterocycles. The van der Waals surface area contributed by atoms with Crippen LogP contribution >= 0.6 is 0 Å². The number of sulfonamides is 1. The summed E-state index contributed by atoms with van der Waals surface area (Å²) < 4.78 is 28.8. The molecule has 1 aliphatic rings. The number of benzene rings is 2. The maximum absolute atomic E-state index is 13.0. The van der Waals surface area contributed by atoms with Crippen molar-refractivity contribution in [3.8, 4) is 0 Å². The zero-order valence-electron chi connectivity index (χ0n) is 15.5. The normalized spacial score (nSPS) is 20.5. The van der Waals surface area contributed by atoms with Gasteiger partial charge in [-0.3, -0.25) is 4.79 Å². The summed E-state index contributed by atoms with van der Waals surface area (Å²) in [6, 6.07) is 15.5. The van der Waals surface area contributed by atoms with E-state index in [0.29, 0.717) is 6.42 Å². The summed E-state index contributed by atoms with van der Waals surface area (Å²) in [5.74, 6) is -0.431. The molecule has 5 heteroatoms. The quantitative estimate of drug-likeness (QED) is 0.836. The van der Waals surface area contributed by atoms with E-state index >= 15 is 0 Å². The Hall–Kier alpha value is -2.24. The predicted octanol–water partition coefficient (Wildman–Crippen LogP) is 4.33. The van der Waals surface area contributed by atoms with Gasteiger partial charge in [0.05, 0.1) is 10.9 Å². The molecule has 0 unspecified atom stereocenters. The lowest BCUT2D eigenvalue weighted by Crippen LogP contribution is -2.36. The molecule has 0 amide bonds. The number of nitrogens with one attached hydrogen (secondary N) is 1. The second kappa shape index (κ2) is 8.63. The van der Waals surface area contributed by atoms with Crippen LogP contribution in [0.2, 0.25) is 0 Å². The van der Waals surface area contributed by atoms with E-state index in [2.05, 4.69) is 4.72 Å². The first-order valence-electron chi connectivity index (χ1n) is 9.32. The minimum absolute atomic E-state index is 0.0184. The van der Waals surface area contributed by atoms with Crippen LogP contribution in [-0.4, -0.2) is 14.2 Å². The molecule has 2 aromatic carbocycles. The average molecular weight is 384 g/mol. The van der Waals surface area contributed by atoms with Gasteiger partial charge >= 0.3 is 0 Å². The third-order valence-electron chi connectivity index (χ3n) is 4.96. The first-order chi connectivity index (χ1) is 13.0. The highest BCUT2D eigenvalue weighted by molar-refractivity contribution is 7.89. The van der Waals surface area contributed by atoms with Gasteiger partial charge < -0.3 is 0 Å². The van der Waals surface area contributed by atoms with Crippen molar-refractivity contribution < 1.29 is 13.2 Å². The fraction of sp³-hybridized carbons (Fsp3) is 0.318. The number of aryl methyl sites for hydroxylation is 1. The molecule has 3 rings (SSSR count). The predicted molar refractivity (Wildman–Crippen MR) is 107 cm³/mol. The Bertz CT molecular complexity index is 902. The molecule has 0 saturated carbocycles. The molecule has 2 atom stereocenters. The van der Waals surface area contributed by atoms with Crippen LogP contribution in [0, 0.1) is 12.8 Å². The van der Waals surface area contributed by atoms with Crippen LogP contribution in [0.5, 0.6) is 0 Å². The smallest absolute Gasteiger partial charge is 0.241 e. The van der Waals surface area contributed by atoms with Crippen molar-refractivity contribution in [2.24, 2.45) is 5.92 Å². The average Bonchev–Trinajstić information content (AvgIpc) is 2.65. The van der Waals surface area contributed by atoms with Crippen molar-refractivity contribution in [3.63, 3.8) is 0 Å². The Morgan fingerprint density at radius 1 is 1.00 bits per heavy atom. The molecule has 0 fully saturated rings. The van der Waals surface area contributed by atoms with E-state index in [4.69, 9.17) is 0 Å². The minimum atomic E-state index is -3.74. The van der Waals surface area contributed by atoms with Gasteiger partial charge in [-0.2, -0.15) is 0 Å². The molecule has 1 N–H and O–H groups in total. The molecule has 0 spiro atoms. The van der Waals surface area contributed by atoms with Gasteiger partial charge in [-0.15, -0.1) is 0 Å². The van der Waals surface area contributed by atoms with Crippen LogP contribution in [0.3, 0.4) is 0 Å². The molecule has 0 heterocycles. The molecular weight excluding hydrogens is 358 g/mol. The van der Waals surface area contributed by atoms with Crippen LogP contribution in [0.4, 0.5) is 0 Å². The summed E-state index contributed by atoms with van der Waals surface area (Å²) in [4.78, 5) is 12.9. The molecule has 142 valence electrons. The monoisotopic (exact) mass is 383 g/mol. The van der Waals surface area contributed by atoms with E-state index in [0.717, 1.165) is 30.4 Å². The third kappa shape index (κ3) is 4.93.